The van der Waals surface area contributed by atoms with Gasteiger partial charge in [-0.05, 0) is 17.7 Å². The Bertz CT molecular complexity index is 1150. The first-order valence-electron chi connectivity index (χ1n) is 9.98. The summed E-state index contributed by atoms with van der Waals surface area (Å²) in [6, 6.07) is 15.3. The van der Waals surface area contributed by atoms with Crippen molar-refractivity contribution >= 4 is 17.5 Å². The molecule has 2 aliphatic rings. The average molecular weight is 421 g/mol. The maximum absolute atomic E-state index is 14.6. The van der Waals surface area contributed by atoms with Crippen LogP contribution in [-0.2, 0) is 4.79 Å². The fraction of sp³-hybridized carbons (Fsp3) is 0.273. The molecule has 3 heterocycles. The summed E-state index contributed by atoms with van der Waals surface area (Å²) < 4.78 is 21.7. The van der Waals surface area contributed by atoms with E-state index in [9.17, 15) is 14.0 Å². The third-order valence-electron chi connectivity index (χ3n) is 5.62. The molecule has 0 spiro atoms. The van der Waals surface area contributed by atoms with Crippen molar-refractivity contribution in [1.82, 2.24) is 20.1 Å². The third-order valence-corrected chi connectivity index (χ3v) is 5.62. The Hall–Kier alpha value is -3.75. The van der Waals surface area contributed by atoms with Gasteiger partial charge in [-0.3, -0.25) is 9.59 Å². The summed E-state index contributed by atoms with van der Waals surface area (Å²) in [6.45, 7) is -0.0299. The van der Waals surface area contributed by atoms with Crippen LogP contribution < -0.4 is 15.0 Å². The van der Waals surface area contributed by atoms with Crippen LogP contribution in [0.25, 0.3) is 0 Å². The van der Waals surface area contributed by atoms with Crippen LogP contribution in [0.2, 0.25) is 0 Å². The predicted molar refractivity (Wildman–Crippen MR) is 110 cm³/mol. The predicted octanol–water partition coefficient (Wildman–Crippen LogP) is 2.44. The van der Waals surface area contributed by atoms with Gasteiger partial charge in [-0.1, -0.05) is 42.5 Å². The van der Waals surface area contributed by atoms with Gasteiger partial charge in [0.25, 0.3) is 11.8 Å². The highest BCUT2D eigenvalue weighted by Gasteiger charge is 2.37. The van der Waals surface area contributed by atoms with Crippen LogP contribution in [0.5, 0.6) is 5.75 Å². The highest BCUT2D eigenvalue weighted by atomic mass is 19.1. The molecule has 1 N–H and O–H groups in total. The smallest absolute Gasteiger partial charge is 0.291 e. The van der Waals surface area contributed by atoms with Crippen molar-refractivity contribution in [1.29, 1.82) is 0 Å². The Morgan fingerprint density at radius 2 is 1.90 bits per heavy atom. The molecular formula is C22H20FN5O3. The largest absolute Gasteiger partial charge is 0.489 e. The summed E-state index contributed by atoms with van der Waals surface area (Å²) in [5, 5.41) is 6.89. The molecule has 1 unspecified atom stereocenters. The molecule has 2 amide bonds. The van der Waals surface area contributed by atoms with Crippen molar-refractivity contribution in [2.45, 2.75) is 24.7 Å². The molecule has 0 saturated carbocycles. The van der Waals surface area contributed by atoms with Gasteiger partial charge in [-0.15, -0.1) is 5.10 Å². The van der Waals surface area contributed by atoms with Gasteiger partial charge in [0, 0.05) is 13.5 Å². The summed E-state index contributed by atoms with van der Waals surface area (Å²) in [4.78, 5) is 31.2. The molecule has 0 aliphatic carbocycles. The van der Waals surface area contributed by atoms with Crippen LogP contribution in [0.15, 0.2) is 54.6 Å². The van der Waals surface area contributed by atoms with Gasteiger partial charge in [-0.2, -0.15) is 0 Å². The Balaban J connectivity index is 1.36. The lowest BCUT2D eigenvalue weighted by molar-refractivity contribution is -0.120. The monoisotopic (exact) mass is 421 g/mol. The van der Waals surface area contributed by atoms with E-state index in [1.165, 1.54) is 9.58 Å². The molecule has 31 heavy (non-hydrogen) atoms. The number of hydrogen-bond donors (Lipinski definition) is 1. The number of carbonyl (C=O) groups is 2. The van der Waals surface area contributed by atoms with E-state index in [-0.39, 0.29) is 36.6 Å². The van der Waals surface area contributed by atoms with Crippen molar-refractivity contribution in [3.63, 3.8) is 0 Å². The molecule has 2 aromatic carbocycles. The van der Waals surface area contributed by atoms with Crippen molar-refractivity contribution < 1.29 is 18.7 Å². The van der Waals surface area contributed by atoms with E-state index in [0.717, 1.165) is 5.56 Å². The third kappa shape index (κ3) is 3.31. The van der Waals surface area contributed by atoms with Gasteiger partial charge in [0.05, 0.1) is 11.7 Å². The number of halogens is 1. The van der Waals surface area contributed by atoms with Crippen molar-refractivity contribution in [2.24, 2.45) is 0 Å². The number of likely N-dealkylation sites (N-methyl/N-ethyl adjacent to an activating group) is 1. The summed E-state index contributed by atoms with van der Waals surface area (Å²) in [5.41, 5.74) is 1.52. The Labute approximate surface area is 177 Å². The zero-order valence-electron chi connectivity index (χ0n) is 16.7. The van der Waals surface area contributed by atoms with Gasteiger partial charge in [0.15, 0.2) is 12.0 Å². The summed E-state index contributed by atoms with van der Waals surface area (Å²) in [5.74, 6) is -0.472. The minimum Gasteiger partial charge on any atom is -0.489 e. The second-order valence-corrected chi connectivity index (χ2v) is 7.57. The molecule has 0 fully saturated rings. The van der Waals surface area contributed by atoms with E-state index in [1.807, 2.05) is 36.4 Å². The van der Waals surface area contributed by atoms with Crippen molar-refractivity contribution in [2.75, 3.05) is 18.6 Å². The van der Waals surface area contributed by atoms with E-state index in [2.05, 4.69) is 15.4 Å². The van der Waals surface area contributed by atoms with Gasteiger partial charge in [-0.25, -0.2) is 14.1 Å². The lowest BCUT2D eigenvalue weighted by Gasteiger charge is -2.19. The minimum atomic E-state index is -1.32. The Morgan fingerprint density at radius 3 is 2.71 bits per heavy atom. The second kappa shape index (κ2) is 7.50. The zero-order chi connectivity index (χ0) is 21.5. The molecule has 8 nitrogen and oxygen atoms in total. The molecule has 0 saturated heterocycles. The number of aromatic nitrogens is 3. The Kier molecular flexibility index (Phi) is 4.65. The lowest BCUT2D eigenvalue weighted by atomic mass is 10.0. The first-order valence-corrected chi connectivity index (χ1v) is 9.98. The highest BCUT2D eigenvalue weighted by Crippen LogP contribution is 2.39. The number of nitrogens with one attached hydrogen (secondary N) is 1. The minimum absolute atomic E-state index is 0.0299. The van der Waals surface area contributed by atoms with Gasteiger partial charge in [0.2, 0.25) is 5.82 Å². The fourth-order valence-electron chi connectivity index (χ4n) is 4.01. The summed E-state index contributed by atoms with van der Waals surface area (Å²) in [6.07, 6.45) is -1.10. The molecule has 9 heteroatoms. The van der Waals surface area contributed by atoms with E-state index >= 15 is 0 Å². The molecule has 0 bridgehead atoms. The van der Waals surface area contributed by atoms with Crippen LogP contribution >= 0.6 is 0 Å². The van der Waals surface area contributed by atoms with Crippen LogP contribution in [0.4, 0.5) is 10.1 Å². The Morgan fingerprint density at radius 1 is 1.16 bits per heavy atom. The van der Waals surface area contributed by atoms with Crippen LogP contribution in [0.3, 0.4) is 0 Å². The number of para-hydroxylation sites is 2. The van der Waals surface area contributed by atoms with E-state index in [0.29, 0.717) is 11.4 Å². The standard InChI is InChI=1S/C22H20FN5O3/c1-27-16-9-5-6-10-18(16)31-12-15(22(27)30)24-21(29)19-25-20-14(23)11-17(28(20)26-19)13-7-3-2-4-8-13/h2-10,14-15,17H,11-12H2,1H3,(H,24,29)/t14-,15?,17-/m0/s1. The average Bonchev–Trinajstić information content (AvgIpc) is 3.34. The summed E-state index contributed by atoms with van der Waals surface area (Å²) in [7, 11) is 1.62. The molecule has 158 valence electrons. The first-order chi connectivity index (χ1) is 15.0. The molecule has 3 aromatic rings. The number of nitrogens with zero attached hydrogens (tertiary/aromatic N) is 4. The van der Waals surface area contributed by atoms with E-state index in [1.54, 1.807) is 25.2 Å². The number of amides is 2. The van der Waals surface area contributed by atoms with Crippen molar-refractivity contribution in [3.8, 4) is 5.75 Å². The van der Waals surface area contributed by atoms with Crippen LogP contribution in [0, 0.1) is 0 Å². The molecule has 5 rings (SSSR count). The van der Waals surface area contributed by atoms with Gasteiger partial charge < -0.3 is 15.0 Å². The molecule has 1 aromatic heterocycles. The molecule has 0 radical (unpaired) electrons. The number of ether oxygens (including phenoxy) is 1. The number of benzene rings is 2. The second-order valence-electron chi connectivity index (χ2n) is 7.57. The molecular weight excluding hydrogens is 401 g/mol. The number of anilines is 1. The number of rotatable bonds is 3. The lowest BCUT2D eigenvalue weighted by Crippen LogP contribution is -2.49. The molecule has 2 aliphatic heterocycles. The van der Waals surface area contributed by atoms with E-state index in [4.69, 9.17) is 4.74 Å². The SMILES string of the molecule is CN1C(=O)C(NC(=O)c2nc3n(n2)[C@H](c2ccccc2)C[C@@H]3F)COc2ccccc21. The maximum atomic E-state index is 14.6. The highest BCUT2D eigenvalue weighted by molar-refractivity contribution is 6.02. The quantitative estimate of drug-likeness (QED) is 0.702. The van der Waals surface area contributed by atoms with Crippen LogP contribution in [0.1, 0.15) is 40.6 Å². The van der Waals surface area contributed by atoms with Gasteiger partial charge >= 0.3 is 0 Å². The van der Waals surface area contributed by atoms with E-state index < -0.39 is 18.1 Å². The molecule has 3 atom stereocenters. The number of fused-ring (bicyclic) bond motifs is 2. The normalized spacial score (nSPS) is 22.3. The maximum Gasteiger partial charge on any atom is 0.291 e. The number of alkyl halides is 1. The van der Waals surface area contributed by atoms with Crippen molar-refractivity contribution in [3.05, 3.63) is 71.8 Å². The first kappa shape index (κ1) is 19.2. The zero-order valence-corrected chi connectivity index (χ0v) is 16.7. The number of carbonyl (C=O) groups excluding carboxylic acids is 2. The van der Waals surface area contributed by atoms with Crippen LogP contribution in [-0.4, -0.2) is 46.3 Å². The topological polar surface area (TPSA) is 89.4 Å². The summed E-state index contributed by atoms with van der Waals surface area (Å²) >= 11 is 0. The fourth-order valence-corrected chi connectivity index (χ4v) is 4.01. The number of hydrogen-bond acceptors (Lipinski definition) is 5. The van der Waals surface area contributed by atoms with Gasteiger partial charge in [0.1, 0.15) is 18.4 Å².